The number of rotatable bonds is 6. The normalized spacial score (nSPS) is 15.0. The van der Waals surface area contributed by atoms with Crippen LogP contribution in [0.3, 0.4) is 0 Å². The molecule has 0 saturated carbocycles. The minimum Gasteiger partial charge on any atom is -0.466 e. The molecule has 0 aromatic heterocycles. The molecule has 0 bridgehead atoms. The zero-order chi connectivity index (χ0) is 17.9. The molecule has 0 unspecified atom stereocenters. The fourth-order valence-corrected chi connectivity index (χ4v) is 2.93. The maximum absolute atomic E-state index is 11.3. The van der Waals surface area contributed by atoms with Gasteiger partial charge < -0.3 is 15.0 Å². The Bertz CT molecular complexity index is 586. The standard InChI is InChI=1S/C20H29N3O2/c1-3-25-19(24)10-7-13-22-20(21-2)23-14-11-18(12-15-23)16-17-8-5-4-6-9-17/h4-6,8-9,16H,3,7,10-15H2,1-2H3,(H,21,22). The van der Waals surface area contributed by atoms with Crippen LogP contribution in [0.25, 0.3) is 6.08 Å². The lowest BCUT2D eigenvalue weighted by Gasteiger charge is -2.31. The van der Waals surface area contributed by atoms with Gasteiger partial charge in [-0.1, -0.05) is 42.0 Å². The summed E-state index contributed by atoms with van der Waals surface area (Å²) in [7, 11) is 1.81. The van der Waals surface area contributed by atoms with Crippen molar-refractivity contribution in [3.05, 3.63) is 41.5 Å². The van der Waals surface area contributed by atoms with E-state index in [1.165, 1.54) is 11.1 Å². The number of carbonyl (C=O) groups excluding carboxylic acids is 1. The Morgan fingerprint density at radius 1 is 1.28 bits per heavy atom. The van der Waals surface area contributed by atoms with Gasteiger partial charge in [-0.2, -0.15) is 0 Å². The summed E-state index contributed by atoms with van der Waals surface area (Å²) in [6.45, 7) is 4.94. The number of nitrogens with one attached hydrogen (secondary N) is 1. The molecule has 1 fully saturated rings. The molecule has 1 N–H and O–H groups in total. The largest absolute Gasteiger partial charge is 0.466 e. The SMILES string of the molecule is CCOC(=O)CCCNC(=NC)N1CCC(=Cc2ccccc2)CC1. The van der Waals surface area contributed by atoms with Crippen molar-refractivity contribution in [1.29, 1.82) is 0 Å². The summed E-state index contributed by atoms with van der Waals surface area (Å²) < 4.78 is 4.94. The lowest BCUT2D eigenvalue weighted by Crippen LogP contribution is -2.44. The van der Waals surface area contributed by atoms with Gasteiger partial charge in [0.1, 0.15) is 0 Å². The van der Waals surface area contributed by atoms with Crippen molar-refractivity contribution in [3.8, 4) is 0 Å². The summed E-state index contributed by atoms with van der Waals surface area (Å²) in [5, 5.41) is 3.35. The van der Waals surface area contributed by atoms with E-state index in [2.05, 4.69) is 45.6 Å². The van der Waals surface area contributed by atoms with Crippen molar-refractivity contribution >= 4 is 18.0 Å². The Balaban J connectivity index is 1.74. The molecule has 5 nitrogen and oxygen atoms in total. The first-order valence-corrected chi connectivity index (χ1v) is 9.08. The molecule has 1 aliphatic rings. The number of ether oxygens (including phenoxy) is 1. The van der Waals surface area contributed by atoms with Crippen LogP contribution in [0.4, 0.5) is 0 Å². The molecule has 1 aliphatic heterocycles. The van der Waals surface area contributed by atoms with Gasteiger partial charge in [-0.3, -0.25) is 9.79 Å². The zero-order valence-corrected chi connectivity index (χ0v) is 15.3. The highest BCUT2D eigenvalue weighted by atomic mass is 16.5. The summed E-state index contributed by atoms with van der Waals surface area (Å²) in [5.41, 5.74) is 2.76. The lowest BCUT2D eigenvalue weighted by atomic mass is 10.0. The van der Waals surface area contributed by atoms with E-state index in [0.29, 0.717) is 13.0 Å². The van der Waals surface area contributed by atoms with Crippen LogP contribution in [0.1, 0.15) is 38.2 Å². The molecular weight excluding hydrogens is 314 g/mol. The molecule has 0 spiro atoms. The molecule has 136 valence electrons. The minimum absolute atomic E-state index is 0.132. The van der Waals surface area contributed by atoms with Crippen LogP contribution >= 0.6 is 0 Å². The predicted octanol–water partition coefficient (Wildman–Crippen LogP) is 3.08. The molecule has 0 radical (unpaired) electrons. The van der Waals surface area contributed by atoms with Crippen molar-refractivity contribution in [2.75, 3.05) is 33.3 Å². The van der Waals surface area contributed by atoms with Gasteiger partial charge in [0.2, 0.25) is 0 Å². The van der Waals surface area contributed by atoms with Crippen molar-refractivity contribution in [2.24, 2.45) is 4.99 Å². The Hall–Kier alpha value is -2.30. The lowest BCUT2D eigenvalue weighted by molar-refractivity contribution is -0.143. The van der Waals surface area contributed by atoms with Crippen molar-refractivity contribution in [2.45, 2.75) is 32.6 Å². The highest BCUT2D eigenvalue weighted by molar-refractivity contribution is 5.80. The summed E-state index contributed by atoms with van der Waals surface area (Å²) in [5.74, 6) is 0.788. The smallest absolute Gasteiger partial charge is 0.305 e. The van der Waals surface area contributed by atoms with Crippen LogP contribution in [0, 0.1) is 0 Å². The molecule has 5 heteroatoms. The van der Waals surface area contributed by atoms with Crippen LogP contribution in [0.2, 0.25) is 0 Å². The number of hydrogen-bond donors (Lipinski definition) is 1. The molecule has 0 amide bonds. The van der Waals surface area contributed by atoms with Crippen LogP contribution in [-0.2, 0) is 9.53 Å². The average Bonchev–Trinajstić information content (AvgIpc) is 2.64. The number of hydrogen-bond acceptors (Lipinski definition) is 3. The van der Waals surface area contributed by atoms with Gasteiger partial charge >= 0.3 is 5.97 Å². The van der Waals surface area contributed by atoms with E-state index in [1.54, 1.807) is 0 Å². The maximum atomic E-state index is 11.3. The first-order chi connectivity index (χ1) is 12.2. The Morgan fingerprint density at radius 3 is 2.64 bits per heavy atom. The van der Waals surface area contributed by atoms with Crippen molar-refractivity contribution < 1.29 is 9.53 Å². The van der Waals surface area contributed by atoms with E-state index in [9.17, 15) is 4.79 Å². The first-order valence-electron chi connectivity index (χ1n) is 9.08. The van der Waals surface area contributed by atoms with Crippen LogP contribution in [0.15, 0.2) is 40.9 Å². The fraction of sp³-hybridized carbons (Fsp3) is 0.500. The third-order valence-electron chi connectivity index (χ3n) is 4.23. The second kappa shape index (κ2) is 10.5. The number of piperidine rings is 1. The molecule has 1 heterocycles. The van der Waals surface area contributed by atoms with E-state index >= 15 is 0 Å². The third-order valence-corrected chi connectivity index (χ3v) is 4.23. The number of carbonyl (C=O) groups is 1. The zero-order valence-electron chi connectivity index (χ0n) is 15.3. The topological polar surface area (TPSA) is 53.9 Å². The van der Waals surface area contributed by atoms with Crippen molar-refractivity contribution in [3.63, 3.8) is 0 Å². The molecule has 0 atom stereocenters. The average molecular weight is 343 g/mol. The van der Waals surface area contributed by atoms with E-state index in [-0.39, 0.29) is 5.97 Å². The highest BCUT2D eigenvalue weighted by Gasteiger charge is 2.17. The molecular formula is C20H29N3O2. The van der Waals surface area contributed by atoms with Gasteiger partial charge in [0, 0.05) is 33.1 Å². The molecule has 1 aromatic carbocycles. The van der Waals surface area contributed by atoms with Gasteiger partial charge in [-0.15, -0.1) is 0 Å². The number of aliphatic imine (C=N–C) groups is 1. The number of esters is 1. The third kappa shape index (κ3) is 6.61. The van der Waals surface area contributed by atoms with E-state index in [1.807, 2.05) is 20.0 Å². The highest BCUT2D eigenvalue weighted by Crippen LogP contribution is 2.19. The summed E-state index contributed by atoms with van der Waals surface area (Å²) in [6, 6.07) is 10.5. The first kappa shape index (κ1) is 19.0. The Kier molecular flexibility index (Phi) is 8.02. The molecule has 1 saturated heterocycles. The van der Waals surface area contributed by atoms with Gasteiger partial charge in [-0.05, 0) is 31.7 Å². The molecule has 1 aromatic rings. The Labute approximate surface area is 150 Å². The molecule has 2 rings (SSSR count). The summed E-state index contributed by atoms with van der Waals surface area (Å²) in [4.78, 5) is 18.0. The van der Waals surface area contributed by atoms with Gasteiger partial charge in [-0.25, -0.2) is 0 Å². The Morgan fingerprint density at radius 2 is 2.00 bits per heavy atom. The quantitative estimate of drug-likeness (QED) is 0.373. The predicted molar refractivity (Wildman–Crippen MR) is 102 cm³/mol. The number of likely N-dealkylation sites (tertiary alicyclic amines) is 1. The van der Waals surface area contributed by atoms with E-state index in [0.717, 1.165) is 44.9 Å². The van der Waals surface area contributed by atoms with Gasteiger partial charge in [0.05, 0.1) is 6.61 Å². The van der Waals surface area contributed by atoms with E-state index in [4.69, 9.17) is 4.74 Å². The number of guanidine groups is 1. The summed E-state index contributed by atoms with van der Waals surface area (Å²) in [6.07, 6.45) is 5.61. The monoisotopic (exact) mass is 343 g/mol. The van der Waals surface area contributed by atoms with Crippen LogP contribution < -0.4 is 5.32 Å². The fourth-order valence-electron chi connectivity index (χ4n) is 2.93. The van der Waals surface area contributed by atoms with E-state index < -0.39 is 0 Å². The summed E-state index contributed by atoms with van der Waals surface area (Å²) >= 11 is 0. The second-order valence-corrected chi connectivity index (χ2v) is 6.08. The second-order valence-electron chi connectivity index (χ2n) is 6.08. The number of benzene rings is 1. The maximum Gasteiger partial charge on any atom is 0.305 e. The molecule has 0 aliphatic carbocycles. The van der Waals surface area contributed by atoms with Gasteiger partial charge in [0.25, 0.3) is 0 Å². The molecule has 25 heavy (non-hydrogen) atoms. The van der Waals surface area contributed by atoms with Gasteiger partial charge in [0.15, 0.2) is 5.96 Å². The van der Waals surface area contributed by atoms with Crippen LogP contribution in [0.5, 0.6) is 0 Å². The van der Waals surface area contributed by atoms with Crippen molar-refractivity contribution in [1.82, 2.24) is 10.2 Å². The number of nitrogens with zero attached hydrogens (tertiary/aromatic N) is 2. The minimum atomic E-state index is -0.132. The van der Waals surface area contributed by atoms with Crippen LogP contribution in [-0.4, -0.2) is 50.1 Å².